The molecule has 0 radical (unpaired) electrons. The van der Waals surface area contributed by atoms with E-state index < -0.39 is 32.0 Å². The molecule has 0 atom stereocenters. The van der Waals surface area contributed by atoms with E-state index >= 15 is 0 Å². The lowest BCUT2D eigenvalue weighted by atomic mass is 10.1. The molecular weight excluding hydrogens is 303 g/mol. The number of sulfonamides is 1. The maximum absolute atomic E-state index is 13.6. The second-order valence-corrected chi connectivity index (χ2v) is 6.94. The molecule has 0 aromatic heterocycles. The topological polar surface area (TPSA) is 98.5 Å². The Balaban J connectivity index is 3.30. The lowest BCUT2D eigenvalue weighted by molar-refractivity contribution is -0.387. The van der Waals surface area contributed by atoms with Crippen LogP contribution >= 0.6 is 0 Å². The van der Waals surface area contributed by atoms with Crippen LogP contribution in [0.3, 0.4) is 0 Å². The number of hydrogen-bond acceptors (Lipinski definition) is 5. The zero-order valence-corrected chi connectivity index (χ0v) is 13.0. The zero-order valence-electron chi connectivity index (χ0n) is 12.1. The molecule has 7 nitrogen and oxygen atoms in total. The van der Waals surface area contributed by atoms with E-state index in [2.05, 4.69) is 4.72 Å². The lowest BCUT2D eigenvalue weighted by Crippen LogP contribution is -2.46. The Morgan fingerprint density at radius 1 is 1.43 bits per heavy atom. The Bertz CT molecular complexity index is 658. The lowest BCUT2D eigenvalue weighted by Gasteiger charge is -2.25. The van der Waals surface area contributed by atoms with E-state index in [0.717, 1.165) is 6.07 Å². The maximum atomic E-state index is 13.6. The van der Waals surface area contributed by atoms with Crippen molar-refractivity contribution in [2.75, 3.05) is 13.7 Å². The molecule has 1 rings (SSSR count). The van der Waals surface area contributed by atoms with E-state index in [0.29, 0.717) is 6.07 Å². The van der Waals surface area contributed by atoms with Crippen LogP contribution in [-0.2, 0) is 14.8 Å². The predicted molar refractivity (Wildman–Crippen MR) is 74.1 cm³/mol. The van der Waals surface area contributed by atoms with Gasteiger partial charge in [-0.2, -0.15) is 4.39 Å². The molecule has 0 spiro atoms. The summed E-state index contributed by atoms with van der Waals surface area (Å²) in [6, 6.07) is 1.75. The van der Waals surface area contributed by atoms with Crippen LogP contribution in [-0.4, -0.2) is 32.6 Å². The van der Waals surface area contributed by atoms with Crippen molar-refractivity contribution in [1.82, 2.24) is 4.72 Å². The second-order valence-electron chi connectivity index (χ2n) is 5.25. The highest BCUT2D eigenvalue weighted by molar-refractivity contribution is 7.89. The number of nitrogens with one attached hydrogen (secondary N) is 1. The molecule has 0 unspecified atom stereocenters. The predicted octanol–water partition coefficient (Wildman–Crippen LogP) is 1.75. The molecule has 1 aromatic rings. The minimum Gasteiger partial charge on any atom is -0.383 e. The number of ether oxygens (including phenoxy) is 1. The van der Waals surface area contributed by atoms with Crippen molar-refractivity contribution in [2.24, 2.45) is 0 Å². The molecule has 0 saturated carbocycles. The van der Waals surface area contributed by atoms with E-state index in [-0.39, 0.29) is 17.1 Å². The van der Waals surface area contributed by atoms with Crippen LogP contribution in [0.5, 0.6) is 0 Å². The van der Waals surface area contributed by atoms with Gasteiger partial charge >= 0.3 is 5.69 Å². The number of halogens is 1. The van der Waals surface area contributed by atoms with Crippen LogP contribution in [0.2, 0.25) is 0 Å². The summed E-state index contributed by atoms with van der Waals surface area (Å²) in [7, 11) is -2.62. The normalized spacial score (nSPS) is 12.4. The Morgan fingerprint density at radius 2 is 2.00 bits per heavy atom. The van der Waals surface area contributed by atoms with Crippen molar-refractivity contribution in [3.8, 4) is 0 Å². The van der Waals surface area contributed by atoms with Crippen molar-refractivity contribution in [3.63, 3.8) is 0 Å². The highest BCUT2D eigenvalue weighted by Crippen LogP contribution is 2.25. The van der Waals surface area contributed by atoms with Crippen LogP contribution in [0.1, 0.15) is 19.4 Å². The Kier molecular flexibility index (Phi) is 5.03. The first-order valence-corrected chi connectivity index (χ1v) is 7.46. The number of benzene rings is 1. The first kappa shape index (κ1) is 17.5. The number of aryl methyl sites for hydroxylation is 1. The summed E-state index contributed by atoms with van der Waals surface area (Å²) >= 11 is 0. The van der Waals surface area contributed by atoms with Gasteiger partial charge < -0.3 is 4.74 Å². The highest BCUT2D eigenvalue weighted by atomic mass is 32.2. The molecule has 0 amide bonds. The van der Waals surface area contributed by atoms with Gasteiger partial charge in [0.05, 0.1) is 22.0 Å². The largest absolute Gasteiger partial charge is 0.383 e. The maximum Gasteiger partial charge on any atom is 0.306 e. The number of methoxy groups -OCH3 is 1. The van der Waals surface area contributed by atoms with Gasteiger partial charge in [-0.25, -0.2) is 13.1 Å². The molecule has 21 heavy (non-hydrogen) atoms. The molecule has 0 heterocycles. The number of nitro benzene ring substituents is 1. The summed E-state index contributed by atoms with van der Waals surface area (Å²) < 4.78 is 45.4. The smallest absolute Gasteiger partial charge is 0.306 e. The molecule has 0 aliphatic rings. The van der Waals surface area contributed by atoms with Crippen molar-refractivity contribution in [3.05, 3.63) is 33.6 Å². The fourth-order valence-electron chi connectivity index (χ4n) is 1.82. The third-order valence-electron chi connectivity index (χ3n) is 2.63. The van der Waals surface area contributed by atoms with Gasteiger partial charge in [0, 0.05) is 13.2 Å². The van der Waals surface area contributed by atoms with E-state index in [1.807, 2.05) is 0 Å². The van der Waals surface area contributed by atoms with E-state index in [9.17, 15) is 22.9 Å². The minimum atomic E-state index is -4.04. The number of rotatable bonds is 6. The standard InChI is InChI=1S/C12H17FN2O5S/c1-8-5-9(6-10(11(8)13)15(16)17)21(18,19)14-12(2,3)7-20-4/h5-6,14H,7H2,1-4H3. The first-order valence-electron chi connectivity index (χ1n) is 5.97. The third kappa shape index (κ3) is 4.19. The Hall–Kier alpha value is -1.58. The van der Waals surface area contributed by atoms with E-state index in [4.69, 9.17) is 4.74 Å². The monoisotopic (exact) mass is 320 g/mol. The summed E-state index contributed by atoms with van der Waals surface area (Å²) in [5, 5.41) is 10.8. The van der Waals surface area contributed by atoms with Gasteiger partial charge in [-0.3, -0.25) is 10.1 Å². The van der Waals surface area contributed by atoms with Gasteiger partial charge in [-0.05, 0) is 32.4 Å². The van der Waals surface area contributed by atoms with Gasteiger partial charge in [-0.15, -0.1) is 0 Å². The van der Waals surface area contributed by atoms with Gasteiger partial charge in [0.2, 0.25) is 15.8 Å². The number of hydrogen-bond donors (Lipinski definition) is 1. The van der Waals surface area contributed by atoms with Crippen molar-refractivity contribution in [2.45, 2.75) is 31.2 Å². The van der Waals surface area contributed by atoms with Crippen LogP contribution < -0.4 is 4.72 Å². The highest BCUT2D eigenvalue weighted by Gasteiger charge is 2.29. The summed E-state index contributed by atoms with van der Waals surface area (Å²) in [6.45, 7) is 4.56. The molecular formula is C12H17FN2O5S. The fraction of sp³-hybridized carbons (Fsp3) is 0.500. The summed E-state index contributed by atoms with van der Waals surface area (Å²) in [4.78, 5) is 9.45. The average Bonchev–Trinajstić information content (AvgIpc) is 2.30. The average molecular weight is 320 g/mol. The van der Waals surface area contributed by atoms with Gasteiger partial charge in [0.1, 0.15) is 0 Å². The van der Waals surface area contributed by atoms with Crippen LogP contribution in [0.4, 0.5) is 10.1 Å². The Morgan fingerprint density at radius 3 is 2.48 bits per heavy atom. The molecule has 118 valence electrons. The summed E-state index contributed by atoms with van der Waals surface area (Å²) in [5.41, 5.74) is -1.90. The summed E-state index contributed by atoms with van der Waals surface area (Å²) in [6.07, 6.45) is 0. The molecule has 1 N–H and O–H groups in total. The molecule has 0 fully saturated rings. The fourth-order valence-corrected chi connectivity index (χ4v) is 3.32. The van der Waals surface area contributed by atoms with Crippen LogP contribution in [0.25, 0.3) is 0 Å². The molecule has 0 saturated heterocycles. The summed E-state index contributed by atoms with van der Waals surface area (Å²) in [5.74, 6) is -1.05. The molecule has 0 aliphatic heterocycles. The molecule has 9 heteroatoms. The SMILES string of the molecule is COCC(C)(C)NS(=O)(=O)c1cc(C)c(F)c([N+](=O)[O-])c1. The van der Waals surface area contributed by atoms with Gasteiger partial charge in [0.25, 0.3) is 0 Å². The van der Waals surface area contributed by atoms with Crippen molar-refractivity contribution in [1.29, 1.82) is 0 Å². The van der Waals surface area contributed by atoms with Crippen molar-refractivity contribution < 1.29 is 22.5 Å². The first-order chi connectivity index (χ1) is 9.50. The van der Waals surface area contributed by atoms with E-state index in [1.54, 1.807) is 13.8 Å². The number of nitro groups is 1. The van der Waals surface area contributed by atoms with Gasteiger partial charge in [0.15, 0.2) is 0 Å². The second kappa shape index (κ2) is 6.04. The quantitative estimate of drug-likeness (QED) is 0.636. The molecule has 1 aromatic carbocycles. The van der Waals surface area contributed by atoms with Gasteiger partial charge in [-0.1, -0.05) is 0 Å². The number of nitrogens with zero attached hydrogens (tertiary/aromatic N) is 1. The van der Waals surface area contributed by atoms with Crippen molar-refractivity contribution >= 4 is 15.7 Å². The molecule has 0 aliphatic carbocycles. The van der Waals surface area contributed by atoms with Crippen LogP contribution in [0.15, 0.2) is 17.0 Å². The Labute approximate surface area is 122 Å². The zero-order chi connectivity index (χ0) is 16.4. The third-order valence-corrected chi connectivity index (χ3v) is 4.31. The molecule has 0 bridgehead atoms. The minimum absolute atomic E-state index is 0.106. The van der Waals surface area contributed by atoms with Crippen LogP contribution in [0, 0.1) is 22.9 Å². The van der Waals surface area contributed by atoms with E-state index in [1.165, 1.54) is 14.0 Å².